The molecule has 1 saturated carbocycles. The Morgan fingerprint density at radius 1 is 1.06 bits per heavy atom. The topological polar surface area (TPSA) is 71.0 Å². The van der Waals surface area contributed by atoms with E-state index < -0.39 is 5.54 Å². The first-order chi connectivity index (χ1) is 15.0. The number of fused-ring (bicyclic) bond motifs is 1. The Hall–Kier alpha value is -3.35. The zero-order valence-corrected chi connectivity index (χ0v) is 17.4. The number of nitrogens with zero attached hydrogens (tertiary/aromatic N) is 4. The van der Waals surface area contributed by atoms with E-state index in [0.29, 0.717) is 5.56 Å². The van der Waals surface area contributed by atoms with Gasteiger partial charge < -0.3 is 10.2 Å². The van der Waals surface area contributed by atoms with E-state index in [1.54, 1.807) is 12.4 Å². The number of pyridine rings is 1. The highest BCUT2D eigenvalue weighted by atomic mass is 19.1. The maximum Gasteiger partial charge on any atom is 0.252 e. The molecule has 0 radical (unpaired) electrons. The van der Waals surface area contributed by atoms with Gasteiger partial charge in [0.25, 0.3) is 5.91 Å². The summed E-state index contributed by atoms with van der Waals surface area (Å²) >= 11 is 0. The Kier molecular flexibility index (Phi) is 4.88. The third kappa shape index (κ3) is 3.87. The lowest BCUT2D eigenvalue weighted by molar-refractivity contribution is 0.0929. The Morgan fingerprint density at radius 3 is 2.61 bits per heavy atom. The third-order valence-corrected chi connectivity index (χ3v) is 6.00. The molecule has 5 rings (SSSR count). The molecule has 1 amide bonds. The van der Waals surface area contributed by atoms with Gasteiger partial charge in [0.2, 0.25) is 0 Å². The molecule has 0 saturated heterocycles. The average Bonchev–Trinajstić information content (AvgIpc) is 3.57. The number of amides is 1. The second-order valence-corrected chi connectivity index (χ2v) is 8.33. The molecule has 1 N–H and O–H groups in total. The van der Waals surface area contributed by atoms with Crippen LogP contribution in [0.3, 0.4) is 0 Å². The molecule has 1 aromatic carbocycles. The molecule has 0 atom stereocenters. The first kappa shape index (κ1) is 19.6. The fourth-order valence-electron chi connectivity index (χ4n) is 4.15. The monoisotopic (exact) mass is 417 g/mol. The molecule has 2 aliphatic rings. The Balaban J connectivity index is 1.43. The van der Waals surface area contributed by atoms with Gasteiger partial charge in [-0.3, -0.25) is 14.8 Å². The summed E-state index contributed by atoms with van der Waals surface area (Å²) < 4.78 is 13.2. The van der Waals surface area contributed by atoms with E-state index in [1.165, 1.54) is 24.3 Å². The van der Waals surface area contributed by atoms with Crippen molar-refractivity contribution in [1.29, 1.82) is 0 Å². The molecule has 2 aromatic heterocycles. The number of aryl methyl sites for hydroxylation is 2. The maximum absolute atomic E-state index is 13.2. The lowest BCUT2D eigenvalue weighted by Crippen LogP contribution is -2.35. The molecule has 3 heterocycles. The number of hydrogen-bond acceptors (Lipinski definition) is 5. The van der Waals surface area contributed by atoms with Crippen molar-refractivity contribution in [3.8, 4) is 0 Å². The van der Waals surface area contributed by atoms with Crippen molar-refractivity contribution < 1.29 is 9.18 Å². The van der Waals surface area contributed by atoms with E-state index in [9.17, 15) is 9.18 Å². The standard InChI is InChI=1S/C24H24FN5O/c1-16-14-26-15-22(27-16)30-13-3-2-4-19-20(30)9-10-21(28-19)24(11-12-24)29-23(31)17-5-7-18(25)8-6-17/h5-10,14-15H,2-4,11-13H2,1H3,(H,29,31). The van der Waals surface area contributed by atoms with E-state index >= 15 is 0 Å². The van der Waals surface area contributed by atoms with Gasteiger partial charge in [-0.2, -0.15) is 0 Å². The molecule has 0 bridgehead atoms. The minimum atomic E-state index is -0.444. The molecule has 1 aliphatic carbocycles. The van der Waals surface area contributed by atoms with Gasteiger partial charge in [0.15, 0.2) is 5.82 Å². The lowest BCUT2D eigenvalue weighted by Gasteiger charge is -2.25. The van der Waals surface area contributed by atoms with Crippen molar-refractivity contribution in [3.63, 3.8) is 0 Å². The van der Waals surface area contributed by atoms with Crippen molar-refractivity contribution >= 4 is 17.4 Å². The molecule has 3 aromatic rings. The number of benzene rings is 1. The number of aromatic nitrogens is 3. The molecule has 0 unspecified atom stereocenters. The molecule has 1 aliphatic heterocycles. The van der Waals surface area contributed by atoms with Crippen LogP contribution in [-0.4, -0.2) is 27.4 Å². The number of hydrogen-bond donors (Lipinski definition) is 1. The van der Waals surface area contributed by atoms with E-state index in [1.807, 2.05) is 13.0 Å². The highest BCUT2D eigenvalue weighted by Crippen LogP contribution is 2.46. The van der Waals surface area contributed by atoms with Crippen molar-refractivity contribution in [3.05, 3.63) is 77.3 Å². The van der Waals surface area contributed by atoms with E-state index in [0.717, 1.165) is 67.2 Å². The van der Waals surface area contributed by atoms with Crippen LogP contribution in [0.2, 0.25) is 0 Å². The molecule has 31 heavy (non-hydrogen) atoms. The third-order valence-electron chi connectivity index (χ3n) is 6.00. The van der Waals surface area contributed by atoms with Gasteiger partial charge in [0, 0.05) is 18.3 Å². The quantitative estimate of drug-likeness (QED) is 0.689. The largest absolute Gasteiger partial charge is 0.341 e. The van der Waals surface area contributed by atoms with Crippen LogP contribution in [-0.2, 0) is 12.0 Å². The SMILES string of the molecule is Cc1cncc(N2CCCCc3nc(C4(NC(=O)c5ccc(F)cc5)CC4)ccc32)n1. The van der Waals surface area contributed by atoms with Gasteiger partial charge in [-0.05, 0) is 75.4 Å². The highest BCUT2D eigenvalue weighted by molar-refractivity contribution is 5.95. The molecule has 158 valence electrons. The van der Waals surface area contributed by atoms with Gasteiger partial charge in [-0.25, -0.2) is 9.37 Å². The van der Waals surface area contributed by atoms with E-state index in [-0.39, 0.29) is 11.7 Å². The summed E-state index contributed by atoms with van der Waals surface area (Å²) in [6, 6.07) is 9.73. The second kappa shape index (κ2) is 7.72. The van der Waals surface area contributed by atoms with Crippen LogP contribution in [0.5, 0.6) is 0 Å². The molecular formula is C24H24FN5O. The highest BCUT2D eigenvalue weighted by Gasteiger charge is 2.47. The average molecular weight is 417 g/mol. The van der Waals surface area contributed by atoms with Crippen LogP contribution in [0, 0.1) is 12.7 Å². The van der Waals surface area contributed by atoms with E-state index in [4.69, 9.17) is 4.98 Å². The number of halogens is 1. The minimum absolute atomic E-state index is 0.203. The number of rotatable bonds is 4. The predicted octanol–water partition coefficient (Wildman–Crippen LogP) is 4.21. The van der Waals surface area contributed by atoms with Crippen LogP contribution >= 0.6 is 0 Å². The molecule has 0 spiro atoms. The van der Waals surface area contributed by atoms with Gasteiger partial charge in [0.05, 0.1) is 34.5 Å². The number of anilines is 2. The summed E-state index contributed by atoms with van der Waals surface area (Å²) in [4.78, 5) is 28.9. The number of carbonyl (C=O) groups excluding carboxylic acids is 1. The molecular weight excluding hydrogens is 393 g/mol. The lowest BCUT2D eigenvalue weighted by atomic mass is 10.1. The summed E-state index contributed by atoms with van der Waals surface area (Å²) in [5.74, 6) is 0.280. The predicted molar refractivity (Wildman–Crippen MR) is 116 cm³/mol. The zero-order valence-electron chi connectivity index (χ0n) is 17.4. The van der Waals surface area contributed by atoms with Gasteiger partial charge in [-0.15, -0.1) is 0 Å². The summed E-state index contributed by atoms with van der Waals surface area (Å²) in [6.07, 6.45) is 8.23. The maximum atomic E-state index is 13.2. The van der Waals surface area contributed by atoms with Gasteiger partial charge in [0.1, 0.15) is 5.82 Å². The number of carbonyl (C=O) groups is 1. The van der Waals surface area contributed by atoms with Crippen LogP contribution in [0.4, 0.5) is 15.9 Å². The molecule has 6 nitrogen and oxygen atoms in total. The Bertz CT molecular complexity index is 1130. The zero-order chi connectivity index (χ0) is 21.4. The summed E-state index contributed by atoms with van der Waals surface area (Å²) in [7, 11) is 0. The van der Waals surface area contributed by atoms with Crippen LogP contribution in [0.25, 0.3) is 0 Å². The Morgan fingerprint density at radius 2 is 1.87 bits per heavy atom. The molecule has 7 heteroatoms. The van der Waals surface area contributed by atoms with Crippen LogP contribution < -0.4 is 10.2 Å². The Labute approximate surface area is 180 Å². The summed E-state index contributed by atoms with van der Waals surface area (Å²) in [5, 5.41) is 3.13. The fraction of sp³-hybridized carbons (Fsp3) is 0.333. The first-order valence-corrected chi connectivity index (χ1v) is 10.7. The van der Waals surface area contributed by atoms with Crippen LogP contribution in [0.1, 0.15) is 53.1 Å². The van der Waals surface area contributed by atoms with Crippen molar-refractivity contribution in [2.45, 2.75) is 44.6 Å². The summed E-state index contributed by atoms with van der Waals surface area (Å²) in [5.41, 5.74) is 3.86. The summed E-state index contributed by atoms with van der Waals surface area (Å²) in [6.45, 7) is 2.82. The minimum Gasteiger partial charge on any atom is -0.341 e. The normalized spacial score (nSPS) is 16.9. The van der Waals surface area contributed by atoms with Crippen molar-refractivity contribution in [2.24, 2.45) is 0 Å². The molecule has 1 fully saturated rings. The van der Waals surface area contributed by atoms with Crippen molar-refractivity contribution in [2.75, 3.05) is 11.4 Å². The van der Waals surface area contributed by atoms with E-state index in [2.05, 4.69) is 26.3 Å². The van der Waals surface area contributed by atoms with Crippen LogP contribution in [0.15, 0.2) is 48.8 Å². The first-order valence-electron chi connectivity index (χ1n) is 10.7. The smallest absolute Gasteiger partial charge is 0.252 e. The fourth-order valence-corrected chi connectivity index (χ4v) is 4.15. The van der Waals surface area contributed by atoms with Crippen molar-refractivity contribution in [1.82, 2.24) is 20.3 Å². The number of nitrogens with one attached hydrogen (secondary N) is 1. The van der Waals surface area contributed by atoms with Gasteiger partial charge in [-0.1, -0.05) is 0 Å². The van der Waals surface area contributed by atoms with Gasteiger partial charge >= 0.3 is 0 Å². The second-order valence-electron chi connectivity index (χ2n) is 8.33.